The SMILES string of the molecule is Cc1cc(-c2ccc(NC(=O)C(C)c3cc(F)cc(-c4cccnc4)c3)cc2)ccn1.Cc1cc(-c2ccnc(C)c2)cc(C(C)C(=O)Nc2ccc(-c3ccnc(C)c3)cc2)c1. The van der Waals surface area contributed by atoms with Crippen molar-refractivity contribution >= 4 is 23.2 Å². The van der Waals surface area contributed by atoms with Crippen LogP contribution in [0.5, 0.6) is 0 Å². The monoisotopic (exact) mass is 832 g/mol. The van der Waals surface area contributed by atoms with Crippen molar-refractivity contribution in [3.8, 4) is 44.5 Å². The first-order valence-corrected chi connectivity index (χ1v) is 20.8. The maximum absolute atomic E-state index is 14.2. The van der Waals surface area contributed by atoms with E-state index >= 15 is 0 Å². The van der Waals surface area contributed by atoms with E-state index in [1.807, 2.05) is 125 Å². The van der Waals surface area contributed by atoms with Gasteiger partial charge in [0.1, 0.15) is 5.82 Å². The molecule has 0 aliphatic rings. The quantitative estimate of drug-likeness (QED) is 0.142. The molecule has 0 saturated carbocycles. The van der Waals surface area contributed by atoms with E-state index in [9.17, 15) is 14.0 Å². The number of carbonyl (C=O) groups excluding carboxylic acids is 2. The van der Waals surface area contributed by atoms with Crippen molar-refractivity contribution in [1.82, 2.24) is 19.9 Å². The standard InChI is InChI=1S/C28H27N3O.C26H22FN3O/c1-18-13-25(17-26(14-18)24-10-12-30-20(3)16-24)21(4)28(32)31-27-7-5-22(6-8-27)23-9-11-29-19(2)15-23;1-17-12-20(9-11-29-17)19-5-7-25(8-6-19)30-26(31)18(2)22-13-23(15-24(27)14-22)21-4-3-10-28-16-21/h5-17,21H,1-4H3,(H,31,32);3-16,18H,1-2H3,(H,30,31). The Bertz CT molecular complexity index is 2860. The van der Waals surface area contributed by atoms with Gasteiger partial charge in [-0.2, -0.15) is 0 Å². The molecule has 0 saturated heterocycles. The second kappa shape index (κ2) is 19.8. The zero-order chi connectivity index (χ0) is 44.5. The third-order valence-electron chi connectivity index (χ3n) is 10.8. The van der Waals surface area contributed by atoms with Crippen molar-refractivity contribution in [3.63, 3.8) is 0 Å². The van der Waals surface area contributed by atoms with Crippen LogP contribution in [-0.2, 0) is 9.59 Å². The Morgan fingerprint density at radius 2 is 0.905 bits per heavy atom. The molecule has 0 radical (unpaired) electrons. The number of benzene rings is 4. The molecule has 8 rings (SSSR count). The summed E-state index contributed by atoms with van der Waals surface area (Å²) in [4.78, 5) is 42.6. The highest BCUT2D eigenvalue weighted by atomic mass is 19.1. The number of nitrogens with zero attached hydrogens (tertiary/aromatic N) is 4. The molecular formula is C54H49FN6O2. The molecule has 314 valence electrons. The van der Waals surface area contributed by atoms with Gasteiger partial charge in [0.15, 0.2) is 0 Å². The van der Waals surface area contributed by atoms with Crippen molar-refractivity contribution in [1.29, 1.82) is 0 Å². The van der Waals surface area contributed by atoms with Gasteiger partial charge in [-0.25, -0.2) is 4.39 Å². The predicted molar refractivity (Wildman–Crippen MR) is 252 cm³/mol. The van der Waals surface area contributed by atoms with Gasteiger partial charge in [-0.05, 0) is 170 Å². The van der Waals surface area contributed by atoms with E-state index in [2.05, 4.69) is 67.8 Å². The first kappa shape index (κ1) is 43.4. The van der Waals surface area contributed by atoms with Crippen LogP contribution in [0.2, 0.25) is 0 Å². The van der Waals surface area contributed by atoms with Crippen LogP contribution in [0.4, 0.5) is 15.8 Å². The Kier molecular flexibility index (Phi) is 13.7. The average Bonchev–Trinajstić information content (AvgIpc) is 3.29. The first-order chi connectivity index (χ1) is 30.4. The van der Waals surface area contributed by atoms with Crippen LogP contribution in [0.15, 0.2) is 164 Å². The van der Waals surface area contributed by atoms with Crippen LogP contribution in [-0.4, -0.2) is 31.8 Å². The lowest BCUT2D eigenvalue weighted by Crippen LogP contribution is -2.19. The summed E-state index contributed by atoms with van der Waals surface area (Å²) < 4.78 is 14.2. The third-order valence-corrected chi connectivity index (χ3v) is 10.8. The predicted octanol–water partition coefficient (Wildman–Crippen LogP) is 12.5. The first-order valence-electron chi connectivity index (χ1n) is 20.8. The molecule has 2 atom stereocenters. The Balaban J connectivity index is 0.000000189. The highest BCUT2D eigenvalue weighted by Crippen LogP contribution is 2.30. The highest BCUT2D eigenvalue weighted by Gasteiger charge is 2.19. The number of pyridine rings is 4. The minimum atomic E-state index is -0.520. The number of carbonyl (C=O) groups is 2. The topological polar surface area (TPSA) is 110 Å². The second-order valence-corrected chi connectivity index (χ2v) is 15.8. The van der Waals surface area contributed by atoms with Gasteiger partial charge in [0, 0.05) is 65.0 Å². The molecule has 2 amide bonds. The number of hydrogen-bond acceptors (Lipinski definition) is 6. The second-order valence-electron chi connectivity index (χ2n) is 15.8. The van der Waals surface area contributed by atoms with E-state index in [1.165, 1.54) is 12.1 Å². The molecule has 63 heavy (non-hydrogen) atoms. The largest absolute Gasteiger partial charge is 0.326 e. The van der Waals surface area contributed by atoms with Gasteiger partial charge < -0.3 is 10.6 Å². The Hall–Kier alpha value is -7.65. The number of halogens is 1. The van der Waals surface area contributed by atoms with Gasteiger partial charge in [-0.3, -0.25) is 29.5 Å². The Morgan fingerprint density at radius 3 is 1.35 bits per heavy atom. The lowest BCUT2D eigenvalue weighted by Gasteiger charge is -2.15. The van der Waals surface area contributed by atoms with E-state index in [4.69, 9.17) is 0 Å². The number of aromatic nitrogens is 4. The molecular weight excluding hydrogens is 784 g/mol. The lowest BCUT2D eigenvalue weighted by atomic mass is 9.93. The Labute approximate surface area is 368 Å². The van der Waals surface area contributed by atoms with E-state index in [1.54, 1.807) is 31.6 Å². The molecule has 4 aromatic heterocycles. The number of nitrogens with one attached hydrogen (secondary N) is 2. The summed E-state index contributed by atoms with van der Waals surface area (Å²) >= 11 is 0. The molecule has 8 nitrogen and oxygen atoms in total. The molecule has 0 spiro atoms. The summed E-state index contributed by atoms with van der Waals surface area (Å²) in [6.45, 7) is 11.7. The van der Waals surface area contributed by atoms with Crippen molar-refractivity contribution in [2.24, 2.45) is 0 Å². The van der Waals surface area contributed by atoms with Crippen LogP contribution < -0.4 is 10.6 Å². The molecule has 4 aromatic carbocycles. The summed E-state index contributed by atoms with van der Waals surface area (Å²) in [7, 11) is 0. The molecule has 0 aliphatic carbocycles. The summed E-state index contributed by atoms with van der Waals surface area (Å²) in [6, 6.07) is 42.3. The van der Waals surface area contributed by atoms with Gasteiger partial charge in [0.25, 0.3) is 0 Å². The third kappa shape index (κ3) is 11.4. The van der Waals surface area contributed by atoms with Crippen LogP contribution >= 0.6 is 0 Å². The molecule has 0 fully saturated rings. The maximum atomic E-state index is 14.2. The number of hydrogen-bond donors (Lipinski definition) is 2. The number of aryl methyl sites for hydroxylation is 4. The summed E-state index contributed by atoms with van der Waals surface area (Å²) in [5, 5.41) is 5.98. The normalized spacial score (nSPS) is 11.7. The van der Waals surface area contributed by atoms with E-state index in [0.29, 0.717) is 16.8 Å². The molecule has 0 bridgehead atoms. The maximum Gasteiger partial charge on any atom is 0.231 e. The van der Waals surface area contributed by atoms with Gasteiger partial charge in [-0.15, -0.1) is 0 Å². The fraction of sp³-hybridized carbons (Fsp3) is 0.148. The minimum Gasteiger partial charge on any atom is -0.326 e. The van der Waals surface area contributed by atoms with Gasteiger partial charge in [0.05, 0.1) is 11.8 Å². The molecule has 8 aromatic rings. The van der Waals surface area contributed by atoms with Crippen molar-refractivity contribution < 1.29 is 14.0 Å². The number of anilines is 2. The van der Waals surface area contributed by atoms with E-state index in [-0.39, 0.29) is 23.5 Å². The molecule has 2 unspecified atom stereocenters. The zero-order valence-corrected chi connectivity index (χ0v) is 36.2. The number of amides is 2. The fourth-order valence-corrected chi connectivity index (χ4v) is 7.26. The summed E-state index contributed by atoms with van der Waals surface area (Å²) in [6.07, 6.45) is 8.75. The molecule has 9 heteroatoms. The van der Waals surface area contributed by atoms with Crippen molar-refractivity contribution in [3.05, 3.63) is 204 Å². The van der Waals surface area contributed by atoms with Crippen molar-refractivity contribution in [2.75, 3.05) is 10.6 Å². The van der Waals surface area contributed by atoms with Crippen LogP contribution in [0.25, 0.3) is 44.5 Å². The van der Waals surface area contributed by atoms with E-state index in [0.717, 1.165) is 72.8 Å². The van der Waals surface area contributed by atoms with Gasteiger partial charge in [0.2, 0.25) is 11.8 Å². The molecule has 2 N–H and O–H groups in total. The van der Waals surface area contributed by atoms with Gasteiger partial charge >= 0.3 is 0 Å². The van der Waals surface area contributed by atoms with E-state index < -0.39 is 5.92 Å². The molecule has 4 heterocycles. The van der Waals surface area contributed by atoms with Crippen molar-refractivity contribution in [2.45, 2.75) is 53.4 Å². The fourth-order valence-electron chi connectivity index (χ4n) is 7.26. The zero-order valence-electron chi connectivity index (χ0n) is 36.2. The molecule has 0 aliphatic heterocycles. The summed E-state index contributed by atoms with van der Waals surface area (Å²) in [5.41, 5.74) is 15.1. The minimum absolute atomic E-state index is 0.0278. The lowest BCUT2D eigenvalue weighted by molar-refractivity contribution is -0.118. The Morgan fingerprint density at radius 1 is 0.460 bits per heavy atom. The summed E-state index contributed by atoms with van der Waals surface area (Å²) in [5.74, 6) is -1.41. The van der Waals surface area contributed by atoms with Crippen LogP contribution in [0, 0.1) is 33.5 Å². The van der Waals surface area contributed by atoms with Gasteiger partial charge in [-0.1, -0.05) is 60.2 Å². The highest BCUT2D eigenvalue weighted by molar-refractivity contribution is 5.97. The van der Waals surface area contributed by atoms with Crippen LogP contribution in [0.1, 0.15) is 59.5 Å². The van der Waals surface area contributed by atoms with Crippen LogP contribution in [0.3, 0.4) is 0 Å². The smallest absolute Gasteiger partial charge is 0.231 e. The average molecular weight is 833 g/mol. The number of rotatable bonds is 10.